The molecule has 0 saturated carbocycles. The van der Waals surface area contributed by atoms with Gasteiger partial charge < -0.3 is 9.73 Å². The molecule has 1 aromatic carbocycles. The van der Waals surface area contributed by atoms with Crippen molar-refractivity contribution in [1.82, 2.24) is 5.32 Å². The van der Waals surface area contributed by atoms with E-state index in [-0.39, 0.29) is 6.04 Å². The third kappa shape index (κ3) is 2.77. The second-order valence-corrected chi connectivity index (χ2v) is 4.46. The van der Waals surface area contributed by atoms with E-state index in [1.807, 2.05) is 25.1 Å². The van der Waals surface area contributed by atoms with Crippen molar-refractivity contribution in [2.45, 2.75) is 26.3 Å². The highest BCUT2D eigenvalue weighted by atomic mass is 16.3. The molecule has 1 unspecified atom stereocenters. The van der Waals surface area contributed by atoms with Gasteiger partial charge >= 0.3 is 0 Å². The third-order valence-corrected chi connectivity index (χ3v) is 2.79. The average molecular weight is 229 g/mol. The zero-order chi connectivity index (χ0) is 12.3. The smallest absolute Gasteiger partial charge is 0.134 e. The molecular weight excluding hydrogens is 210 g/mol. The van der Waals surface area contributed by atoms with Crippen LogP contribution in [0, 0.1) is 0 Å². The van der Waals surface area contributed by atoms with Gasteiger partial charge in [0.15, 0.2) is 0 Å². The zero-order valence-corrected chi connectivity index (χ0v) is 10.5. The van der Waals surface area contributed by atoms with E-state index in [1.54, 1.807) is 0 Å². The molecule has 0 bridgehead atoms. The number of hydrogen-bond acceptors (Lipinski definition) is 2. The van der Waals surface area contributed by atoms with Gasteiger partial charge in [0.2, 0.25) is 0 Å². The Bertz CT molecular complexity index is 479. The lowest BCUT2D eigenvalue weighted by Crippen LogP contribution is -2.20. The number of para-hydroxylation sites is 1. The topological polar surface area (TPSA) is 25.2 Å². The largest absolute Gasteiger partial charge is 0.459 e. The maximum absolute atomic E-state index is 5.88. The maximum Gasteiger partial charge on any atom is 0.134 e. The van der Waals surface area contributed by atoms with E-state index < -0.39 is 0 Å². The summed E-state index contributed by atoms with van der Waals surface area (Å²) in [4.78, 5) is 0. The molecule has 0 aliphatic heterocycles. The van der Waals surface area contributed by atoms with Crippen LogP contribution in [0.3, 0.4) is 0 Å². The normalized spacial score (nSPS) is 12.8. The molecule has 90 valence electrons. The van der Waals surface area contributed by atoms with Crippen LogP contribution in [-0.2, 0) is 0 Å². The fraction of sp³-hybridized carbons (Fsp3) is 0.333. The highest BCUT2D eigenvalue weighted by Crippen LogP contribution is 2.27. The number of nitrogens with one attached hydrogen (secondary N) is 1. The number of furan rings is 1. The van der Waals surface area contributed by atoms with Crippen molar-refractivity contribution in [3.8, 4) is 0 Å². The fourth-order valence-electron chi connectivity index (χ4n) is 2.04. The standard InChI is InChI=1S/C15H19NO/c1-4-16-13(9-11(2)3)15-10-12-7-5-6-8-14(12)17-15/h5-8,10,13,16H,2,4,9H2,1,3H3. The molecule has 1 heterocycles. The minimum Gasteiger partial charge on any atom is -0.459 e. The van der Waals surface area contributed by atoms with Gasteiger partial charge in [-0.2, -0.15) is 0 Å². The Hall–Kier alpha value is -1.54. The summed E-state index contributed by atoms with van der Waals surface area (Å²) < 4.78 is 5.88. The van der Waals surface area contributed by atoms with Gasteiger partial charge in [0, 0.05) is 5.39 Å². The van der Waals surface area contributed by atoms with Crippen LogP contribution in [0.1, 0.15) is 32.1 Å². The molecule has 0 saturated heterocycles. The van der Waals surface area contributed by atoms with Crippen LogP contribution in [0.15, 0.2) is 46.9 Å². The highest BCUT2D eigenvalue weighted by molar-refractivity contribution is 5.77. The first kappa shape index (κ1) is 11.9. The lowest BCUT2D eigenvalue weighted by molar-refractivity contribution is 0.434. The molecule has 0 aliphatic carbocycles. The zero-order valence-electron chi connectivity index (χ0n) is 10.5. The first-order chi connectivity index (χ1) is 8.20. The van der Waals surface area contributed by atoms with Crippen LogP contribution in [0.5, 0.6) is 0 Å². The number of benzene rings is 1. The molecule has 1 N–H and O–H groups in total. The van der Waals surface area contributed by atoms with E-state index in [0.29, 0.717) is 0 Å². The summed E-state index contributed by atoms with van der Waals surface area (Å²) in [7, 11) is 0. The predicted molar refractivity (Wildman–Crippen MR) is 72.1 cm³/mol. The van der Waals surface area contributed by atoms with Gasteiger partial charge in [0.25, 0.3) is 0 Å². The molecule has 2 heteroatoms. The number of fused-ring (bicyclic) bond motifs is 1. The van der Waals surface area contributed by atoms with Gasteiger partial charge in [-0.15, -0.1) is 6.58 Å². The summed E-state index contributed by atoms with van der Waals surface area (Å²) in [6.45, 7) is 9.05. The quantitative estimate of drug-likeness (QED) is 0.782. The van der Waals surface area contributed by atoms with Crippen molar-refractivity contribution in [3.63, 3.8) is 0 Å². The van der Waals surface area contributed by atoms with Gasteiger partial charge in [0.05, 0.1) is 6.04 Å². The Kier molecular flexibility index (Phi) is 3.64. The van der Waals surface area contributed by atoms with Crippen LogP contribution < -0.4 is 5.32 Å². The van der Waals surface area contributed by atoms with Crippen LogP contribution in [-0.4, -0.2) is 6.54 Å². The Morgan fingerprint density at radius 2 is 2.18 bits per heavy atom. The molecule has 2 aromatic rings. The Morgan fingerprint density at radius 3 is 2.82 bits per heavy atom. The first-order valence-corrected chi connectivity index (χ1v) is 6.07. The molecule has 1 atom stereocenters. The van der Waals surface area contributed by atoms with E-state index in [0.717, 1.165) is 35.3 Å². The van der Waals surface area contributed by atoms with Crippen molar-refractivity contribution < 1.29 is 4.42 Å². The second kappa shape index (κ2) is 5.19. The van der Waals surface area contributed by atoms with E-state index in [4.69, 9.17) is 4.42 Å². The summed E-state index contributed by atoms with van der Waals surface area (Å²) in [5, 5.41) is 4.60. The van der Waals surface area contributed by atoms with Gasteiger partial charge in [-0.25, -0.2) is 0 Å². The van der Waals surface area contributed by atoms with Crippen LogP contribution in [0.4, 0.5) is 0 Å². The predicted octanol–water partition coefficient (Wildman–Crippen LogP) is 4.05. The Labute approximate surface area is 102 Å². The molecule has 2 nitrogen and oxygen atoms in total. The van der Waals surface area contributed by atoms with Gasteiger partial charge in [0.1, 0.15) is 11.3 Å². The van der Waals surface area contributed by atoms with E-state index >= 15 is 0 Å². The molecule has 1 aromatic heterocycles. The molecule has 0 fully saturated rings. The number of rotatable bonds is 5. The molecule has 2 rings (SSSR count). The summed E-state index contributed by atoms with van der Waals surface area (Å²) in [6, 6.07) is 10.4. The minimum atomic E-state index is 0.227. The SMILES string of the molecule is C=C(C)CC(NCC)c1cc2ccccc2o1. The van der Waals surface area contributed by atoms with Crippen LogP contribution in [0.2, 0.25) is 0 Å². The fourth-order valence-corrected chi connectivity index (χ4v) is 2.04. The van der Waals surface area contributed by atoms with Crippen molar-refractivity contribution >= 4 is 11.0 Å². The summed E-state index contributed by atoms with van der Waals surface area (Å²) in [5.41, 5.74) is 2.11. The molecular formula is C15H19NO. The minimum absolute atomic E-state index is 0.227. The van der Waals surface area contributed by atoms with Gasteiger partial charge in [-0.3, -0.25) is 0 Å². The molecule has 17 heavy (non-hydrogen) atoms. The molecule has 0 radical (unpaired) electrons. The van der Waals surface area contributed by atoms with Crippen molar-refractivity contribution in [2.24, 2.45) is 0 Å². The van der Waals surface area contributed by atoms with Crippen molar-refractivity contribution in [1.29, 1.82) is 0 Å². The Balaban J connectivity index is 2.31. The summed E-state index contributed by atoms with van der Waals surface area (Å²) in [6.07, 6.45) is 0.910. The van der Waals surface area contributed by atoms with E-state index in [1.165, 1.54) is 0 Å². The lowest BCUT2D eigenvalue weighted by Gasteiger charge is -2.15. The summed E-state index contributed by atoms with van der Waals surface area (Å²) in [5.74, 6) is 0.996. The third-order valence-electron chi connectivity index (χ3n) is 2.79. The average Bonchev–Trinajstić information content (AvgIpc) is 2.71. The van der Waals surface area contributed by atoms with Gasteiger partial charge in [-0.1, -0.05) is 30.7 Å². The van der Waals surface area contributed by atoms with Crippen LogP contribution >= 0.6 is 0 Å². The van der Waals surface area contributed by atoms with Crippen molar-refractivity contribution in [2.75, 3.05) is 6.54 Å². The molecule has 0 amide bonds. The maximum atomic E-state index is 5.88. The molecule has 0 spiro atoms. The summed E-state index contributed by atoms with van der Waals surface area (Å²) >= 11 is 0. The Morgan fingerprint density at radius 1 is 1.41 bits per heavy atom. The lowest BCUT2D eigenvalue weighted by atomic mass is 10.1. The van der Waals surface area contributed by atoms with Crippen LogP contribution in [0.25, 0.3) is 11.0 Å². The molecule has 0 aliphatic rings. The highest BCUT2D eigenvalue weighted by Gasteiger charge is 2.15. The first-order valence-electron chi connectivity index (χ1n) is 6.07. The second-order valence-electron chi connectivity index (χ2n) is 4.46. The van der Waals surface area contributed by atoms with Crippen molar-refractivity contribution in [3.05, 3.63) is 48.2 Å². The number of hydrogen-bond donors (Lipinski definition) is 1. The van der Waals surface area contributed by atoms with E-state index in [9.17, 15) is 0 Å². The van der Waals surface area contributed by atoms with Gasteiger partial charge in [-0.05, 0) is 32.0 Å². The monoisotopic (exact) mass is 229 g/mol. The van der Waals surface area contributed by atoms with E-state index in [2.05, 4.69) is 31.0 Å².